The first-order valence-corrected chi connectivity index (χ1v) is 8.45. The largest absolute Gasteiger partial charge is 0.445 e. The molecule has 0 spiro atoms. The lowest BCUT2D eigenvalue weighted by Crippen LogP contribution is -2.24. The van der Waals surface area contributed by atoms with Crippen LogP contribution in [0, 0.1) is 0 Å². The fourth-order valence-electron chi connectivity index (χ4n) is 2.84. The summed E-state index contributed by atoms with van der Waals surface area (Å²) in [6.07, 6.45) is 5.42. The van der Waals surface area contributed by atoms with E-state index >= 15 is 0 Å². The average Bonchev–Trinajstić information content (AvgIpc) is 2.64. The van der Waals surface area contributed by atoms with Gasteiger partial charge in [0.15, 0.2) is 0 Å². The van der Waals surface area contributed by atoms with E-state index < -0.39 is 6.09 Å². The second kappa shape index (κ2) is 8.29. The van der Waals surface area contributed by atoms with Crippen molar-refractivity contribution in [2.45, 2.75) is 25.9 Å². The van der Waals surface area contributed by atoms with Gasteiger partial charge in [0.05, 0.1) is 0 Å². The van der Waals surface area contributed by atoms with Gasteiger partial charge in [-0.2, -0.15) is 0 Å². The van der Waals surface area contributed by atoms with Crippen LogP contribution < -0.4 is 5.32 Å². The predicted octanol–water partition coefficient (Wildman–Crippen LogP) is 3.68. The number of ketones is 1. The minimum atomic E-state index is -0.433. The first-order valence-electron chi connectivity index (χ1n) is 8.45. The van der Waals surface area contributed by atoms with Crippen LogP contribution in [-0.4, -0.2) is 18.4 Å². The van der Waals surface area contributed by atoms with E-state index in [0.717, 1.165) is 23.1 Å². The molecule has 1 aliphatic rings. The number of alkyl carbamates (subject to hydrolysis) is 1. The molecule has 0 heterocycles. The molecule has 0 bridgehead atoms. The van der Waals surface area contributed by atoms with Gasteiger partial charge < -0.3 is 10.1 Å². The molecular weight excluding hydrogens is 314 g/mol. The molecule has 0 aromatic heterocycles. The zero-order valence-electron chi connectivity index (χ0n) is 14.0. The standard InChI is InChI=1S/C21H21NO3/c23-20-11-10-18-13-16(8-9-19(18)14-20)7-4-12-22-21(24)25-15-17-5-2-1-3-6-17/h1-9,13H,10-12,14-15H2,(H,22,24). The van der Waals surface area contributed by atoms with Crippen molar-refractivity contribution in [3.63, 3.8) is 0 Å². The Bertz CT molecular complexity index is 781. The molecule has 0 fully saturated rings. The molecule has 0 atom stereocenters. The topological polar surface area (TPSA) is 55.4 Å². The van der Waals surface area contributed by atoms with Crippen molar-refractivity contribution in [3.05, 3.63) is 76.9 Å². The van der Waals surface area contributed by atoms with Crippen molar-refractivity contribution in [1.82, 2.24) is 5.32 Å². The van der Waals surface area contributed by atoms with E-state index in [1.54, 1.807) is 0 Å². The molecule has 0 saturated heterocycles. The van der Waals surface area contributed by atoms with Crippen LogP contribution in [0.15, 0.2) is 54.6 Å². The molecule has 2 aromatic rings. The van der Waals surface area contributed by atoms with Gasteiger partial charge in [0.25, 0.3) is 0 Å². The molecule has 0 aliphatic heterocycles. The van der Waals surface area contributed by atoms with E-state index in [-0.39, 0.29) is 6.61 Å². The van der Waals surface area contributed by atoms with E-state index in [9.17, 15) is 9.59 Å². The summed E-state index contributed by atoms with van der Waals surface area (Å²) in [7, 11) is 0. The number of amides is 1. The lowest BCUT2D eigenvalue weighted by atomic mass is 9.89. The number of aryl methyl sites for hydroxylation is 1. The van der Waals surface area contributed by atoms with Gasteiger partial charge >= 0.3 is 6.09 Å². The minimum absolute atomic E-state index is 0.264. The maximum absolute atomic E-state index is 11.7. The van der Waals surface area contributed by atoms with Gasteiger partial charge in [-0.05, 0) is 28.7 Å². The fourth-order valence-corrected chi connectivity index (χ4v) is 2.84. The van der Waals surface area contributed by atoms with Crippen molar-refractivity contribution in [2.24, 2.45) is 0 Å². The average molecular weight is 335 g/mol. The highest BCUT2D eigenvalue weighted by atomic mass is 16.5. The number of rotatable bonds is 5. The second-order valence-electron chi connectivity index (χ2n) is 6.09. The molecule has 3 rings (SSSR count). The molecule has 1 N–H and O–H groups in total. The predicted molar refractivity (Wildman–Crippen MR) is 97.1 cm³/mol. The van der Waals surface area contributed by atoms with E-state index in [1.807, 2.05) is 54.6 Å². The number of carbonyl (C=O) groups excluding carboxylic acids is 2. The van der Waals surface area contributed by atoms with Crippen LogP contribution in [0.25, 0.3) is 6.08 Å². The molecule has 25 heavy (non-hydrogen) atoms. The number of nitrogens with one attached hydrogen (secondary N) is 1. The summed E-state index contributed by atoms with van der Waals surface area (Å²) in [6, 6.07) is 15.7. The molecule has 4 nitrogen and oxygen atoms in total. The van der Waals surface area contributed by atoms with Crippen molar-refractivity contribution in [1.29, 1.82) is 0 Å². The Morgan fingerprint density at radius 3 is 2.76 bits per heavy atom. The van der Waals surface area contributed by atoms with Crippen LogP contribution in [-0.2, 0) is 29.0 Å². The van der Waals surface area contributed by atoms with Crippen LogP contribution in [0.1, 0.15) is 28.7 Å². The van der Waals surface area contributed by atoms with Crippen LogP contribution in [0.4, 0.5) is 4.79 Å². The zero-order chi connectivity index (χ0) is 17.5. The first kappa shape index (κ1) is 17.0. The van der Waals surface area contributed by atoms with Crippen molar-refractivity contribution in [3.8, 4) is 0 Å². The zero-order valence-corrected chi connectivity index (χ0v) is 14.0. The number of benzene rings is 2. The quantitative estimate of drug-likeness (QED) is 0.907. The highest BCUT2D eigenvalue weighted by Gasteiger charge is 2.14. The Morgan fingerprint density at radius 1 is 1.08 bits per heavy atom. The summed E-state index contributed by atoms with van der Waals surface area (Å²) in [5.41, 5.74) is 4.42. The lowest BCUT2D eigenvalue weighted by Gasteiger charge is -2.15. The molecule has 4 heteroatoms. The fraction of sp³-hybridized carbons (Fsp3) is 0.238. The lowest BCUT2D eigenvalue weighted by molar-refractivity contribution is -0.118. The third kappa shape index (κ3) is 5.05. The molecule has 0 unspecified atom stereocenters. The normalized spacial score (nSPS) is 13.5. The number of ether oxygens (including phenoxy) is 1. The number of hydrogen-bond acceptors (Lipinski definition) is 3. The van der Waals surface area contributed by atoms with Crippen molar-refractivity contribution < 1.29 is 14.3 Å². The van der Waals surface area contributed by atoms with E-state index in [0.29, 0.717) is 25.2 Å². The van der Waals surface area contributed by atoms with Crippen molar-refractivity contribution >= 4 is 18.0 Å². The Morgan fingerprint density at radius 2 is 1.92 bits per heavy atom. The summed E-state index contributed by atoms with van der Waals surface area (Å²) in [4.78, 5) is 23.1. The number of hydrogen-bond donors (Lipinski definition) is 1. The van der Waals surface area contributed by atoms with Crippen LogP contribution in [0.2, 0.25) is 0 Å². The maximum atomic E-state index is 11.7. The second-order valence-corrected chi connectivity index (χ2v) is 6.09. The maximum Gasteiger partial charge on any atom is 0.407 e. The summed E-state index contributed by atoms with van der Waals surface area (Å²) in [5, 5.41) is 2.70. The third-order valence-electron chi connectivity index (χ3n) is 4.18. The van der Waals surface area contributed by atoms with Crippen LogP contribution in [0.3, 0.4) is 0 Å². The monoisotopic (exact) mass is 335 g/mol. The number of fused-ring (bicyclic) bond motifs is 1. The Hall–Kier alpha value is -2.88. The minimum Gasteiger partial charge on any atom is -0.445 e. The summed E-state index contributed by atoms with van der Waals surface area (Å²) < 4.78 is 5.15. The Labute approximate surface area is 147 Å². The van der Waals surface area contributed by atoms with Gasteiger partial charge in [0.1, 0.15) is 12.4 Å². The summed E-state index contributed by atoms with van der Waals surface area (Å²) >= 11 is 0. The highest BCUT2D eigenvalue weighted by Crippen LogP contribution is 2.21. The molecule has 1 amide bonds. The smallest absolute Gasteiger partial charge is 0.407 e. The molecule has 1 aliphatic carbocycles. The highest BCUT2D eigenvalue weighted by molar-refractivity contribution is 5.83. The van der Waals surface area contributed by atoms with Gasteiger partial charge in [-0.3, -0.25) is 4.79 Å². The summed E-state index contributed by atoms with van der Waals surface area (Å²) in [6.45, 7) is 0.670. The van der Waals surface area contributed by atoms with E-state index in [2.05, 4.69) is 11.4 Å². The molecule has 128 valence electrons. The third-order valence-corrected chi connectivity index (χ3v) is 4.18. The summed E-state index contributed by atoms with van der Waals surface area (Å²) in [5.74, 6) is 0.314. The SMILES string of the molecule is O=C1CCc2cc(C=CCNC(=O)OCc3ccccc3)ccc2C1. The Balaban J connectivity index is 1.44. The van der Waals surface area contributed by atoms with Gasteiger partial charge in [-0.1, -0.05) is 60.7 Å². The van der Waals surface area contributed by atoms with E-state index in [4.69, 9.17) is 4.74 Å². The van der Waals surface area contributed by atoms with Crippen LogP contribution >= 0.6 is 0 Å². The van der Waals surface area contributed by atoms with Gasteiger partial charge in [0, 0.05) is 19.4 Å². The van der Waals surface area contributed by atoms with E-state index in [1.165, 1.54) is 5.56 Å². The first-order chi connectivity index (χ1) is 12.2. The number of Topliss-reactive ketones (excluding diaryl/α,β-unsaturated/α-hetero) is 1. The number of carbonyl (C=O) groups is 2. The van der Waals surface area contributed by atoms with Crippen molar-refractivity contribution in [2.75, 3.05) is 6.54 Å². The van der Waals surface area contributed by atoms with Gasteiger partial charge in [-0.15, -0.1) is 0 Å². The Kier molecular flexibility index (Phi) is 5.62. The molecule has 0 radical (unpaired) electrons. The molecule has 0 saturated carbocycles. The molecule has 2 aromatic carbocycles. The van der Waals surface area contributed by atoms with Gasteiger partial charge in [0.2, 0.25) is 0 Å². The van der Waals surface area contributed by atoms with Gasteiger partial charge in [-0.25, -0.2) is 4.79 Å². The van der Waals surface area contributed by atoms with Crippen LogP contribution in [0.5, 0.6) is 0 Å². The molecular formula is C21H21NO3.